The lowest BCUT2D eigenvalue weighted by molar-refractivity contribution is -0.151. The van der Waals surface area contributed by atoms with Gasteiger partial charge in [-0.3, -0.25) is 9.59 Å². The predicted molar refractivity (Wildman–Crippen MR) is 109 cm³/mol. The van der Waals surface area contributed by atoms with Crippen LogP contribution in [-0.2, 0) is 9.59 Å². The van der Waals surface area contributed by atoms with Gasteiger partial charge in [0.1, 0.15) is 11.6 Å². The second-order valence-electron chi connectivity index (χ2n) is 9.31. The molecule has 5 fully saturated rings. The van der Waals surface area contributed by atoms with Gasteiger partial charge in [-0.2, -0.15) is 0 Å². The van der Waals surface area contributed by atoms with Crippen LogP contribution in [0.25, 0.3) is 0 Å². The number of amides is 2. The fourth-order valence-electron chi connectivity index (χ4n) is 5.15. The summed E-state index contributed by atoms with van der Waals surface area (Å²) in [7, 11) is 0. The summed E-state index contributed by atoms with van der Waals surface area (Å²) in [5, 5.41) is 13.0. The molecule has 1 aromatic carbocycles. The van der Waals surface area contributed by atoms with Gasteiger partial charge < -0.3 is 26.0 Å². The average Bonchev–Trinajstić information content (AvgIpc) is 3.51. The van der Waals surface area contributed by atoms with Gasteiger partial charge in [-0.1, -0.05) is 11.6 Å². The molecule has 1 saturated heterocycles. The van der Waals surface area contributed by atoms with Crippen molar-refractivity contribution in [2.45, 2.75) is 55.3 Å². The van der Waals surface area contributed by atoms with Crippen molar-refractivity contribution in [3.8, 4) is 5.75 Å². The number of carbonyl (C=O) groups is 2. The van der Waals surface area contributed by atoms with E-state index in [1.165, 1.54) is 25.0 Å². The molecule has 1 heterocycles. The zero-order valence-corrected chi connectivity index (χ0v) is 17.4. The van der Waals surface area contributed by atoms with Crippen molar-refractivity contribution in [1.82, 2.24) is 21.3 Å². The van der Waals surface area contributed by atoms with Crippen LogP contribution in [0.5, 0.6) is 5.75 Å². The summed E-state index contributed by atoms with van der Waals surface area (Å²) in [6.45, 7) is 1.31. The first-order valence-corrected chi connectivity index (χ1v) is 10.9. The maximum absolute atomic E-state index is 13.4. The Balaban J connectivity index is 1.03. The molecule has 5 aliphatic rings. The van der Waals surface area contributed by atoms with E-state index in [-0.39, 0.29) is 46.3 Å². The Hall–Kier alpha value is -1.90. The third-order valence-electron chi connectivity index (χ3n) is 6.76. The number of hydrogen-bond donors (Lipinski definition) is 4. The Morgan fingerprint density at radius 2 is 1.87 bits per heavy atom. The van der Waals surface area contributed by atoms with Crippen molar-refractivity contribution < 1.29 is 18.7 Å². The minimum absolute atomic E-state index is 0.00922. The van der Waals surface area contributed by atoms with Gasteiger partial charge in [-0.15, -0.1) is 0 Å². The van der Waals surface area contributed by atoms with Gasteiger partial charge in [0.25, 0.3) is 5.91 Å². The van der Waals surface area contributed by atoms with Crippen LogP contribution in [0.4, 0.5) is 4.39 Å². The standard InChI is InChI=1S/C21H26ClFN4O3/c22-14-4-3-13(5-15(14)23)30-8-18(28)26-20-9-21(10-20,11-20)27-19(29)17-7-24-16(6-25-17)12-1-2-12/h3-5,12,16-17,24-25H,1-2,6-11H2,(H,26,28)(H,27,29). The third kappa shape index (κ3) is 3.88. The Morgan fingerprint density at radius 3 is 2.50 bits per heavy atom. The molecule has 0 aromatic heterocycles. The molecule has 0 radical (unpaired) electrons. The minimum atomic E-state index is -0.586. The van der Waals surface area contributed by atoms with Gasteiger partial charge in [0.2, 0.25) is 5.91 Å². The monoisotopic (exact) mass is 436 g/mol. The molecular formula is C21H26ClFN4O3. The van der Waals surface area contributed by atoms with E-state index in [2.05, 4.69) is 21.3 Å². The van der Waals surface area contributed by atoms with E-state index in [4.69, 9.17) is 16.3 Å². The molecule has 1 aliphatic heterocycles. The number of nitrogens with one attached hydrogen (secondary N) is 4. The summed E-state index contributed by atoms with van der Waals surface area (Å²) >= 11 is 5.63. The van der Waals surface area contributed by atoms with Gasteiger partial charge in [0.05, 0.1) is 11.1 Å². The largest absolute Gasteiger partial charge is 0.484 e. The van der Waals surface area contributed by atoms with E-state index in [0.717, 1.165) is 37.8 Å². The van der Waals surface area contributed by atoms with E-state index < -0.39 is 5.82 Å². The first-order valence-electron chi connectivity index (χ1n) is 10.5. The summed E-state index contributed by atoms with van der Waals surface area (Å²) in [6.07, 6.45) is 4.78. The highest BCUT2D eigenvalue weighted by Gasteiger charge is 2.69. The van der Waals surface area contributed by atoms with E-state index in [1.54, 1.807) is 0 Å². The minimum Gasteiger partial charge on any atom is -0.484 e. The van der Waals surface area contributed by atoms with Crippen LogP contribution in [-0.4, -0.2) is 54.7 Å². The van der Waals surface area contributed by atoms with Crippen LogP contribution in [0.1, 0.15) is 32.1 Å². The Labute approximate surface area is 179 Å². The van der Waals surface area contributed by atoms with Gasteiger partial charge in [0, 0.05) is 36.3 Å². The first-order chi connectivity index (χ1) is 14.4. The zero-order chi connectivity index (χ0) is 20.9. The summed E-state index contributed by atoms with van der Waals surface area (Å²) in [5.41, 5.74) is -0.451. The quantitative estimate of drug-likeness (QED) is 0.514. The van der Waals surface area contributed by atoms with Crippen molar-refractivity contribution in [3.63, 3.8) is 0 Å². The molecule has 4 aliphatic carbocycles. The maximum Gasteiger partial charge on any atom is 0.258 e. The number of rotatable bonds is 7. The number of halogens is 2. The highest BCUT2D eigenvalue weighted by Crippen LogP contribution is 2.60. The number of piperazine rings is 1. The Bertz CT molecular complexity index is 850. The zero-order valence-electron chi connectivity index (χ0n) is 16.6. The average molecular weight is 437 g/mol. The second kappa shape index (κ2) is 7.35. The van der Waals surface area contributed by atoms with Crippen molar-refractivity contribution in [2.24, 2.45) is 5.92 Å². The summed E-state index contributed by atoms with van der Waals surface area (Å²) in [6, 6.07) is 4.36. The van der Waals surface area contributed by atoms with Crippen LogP contribution >= 0.6 is 11.6 Å². The first kappa shape index (κ1) is 20.0. The van der Waals surface area contributed by atoms with Crippen molar-refractivity contribution in [2.75, 3.05) is 19.7 Å². The molecule has 30 heavy (non-hydrogen) atoms. The van der Waals surface area contributed by atoms with Crippen molar-refractivity contribution in [1.29, 1.82) is 0 Å². The van der Waals surface area contributed by atoms with Gasteiger partial charge in [-0.25, -0.2) is 4.39 Å². The van der Waals surface area contributed by atoms with Gasteiger partial charge >= 0.3 is 0 Å². The second-order valence-corrected chi connectivity index (χ2v) is 9.71. The summed E-state index contributed by atoms with van der Waals surface area (Å²) in [4.78, 5) is 24.8. The summed E-state index contributed by atoms with van der Waals surface area (Å²) in [5.74, 6) is 0.215. The molecule has 9 heteroatoms. The van der Waals surface area contributed by atoms with Crippen LogP contribution < -0.4 is 26.0 Å². The number of carbonyl (C=O) groups excluding carboxylic acids is 2. The van der Waals surface area contributed by atoms with Crippen molar-refractivity contribution >= 4 is 23.4 Å². The molecule has 2 bridgehead atoms. The third-order valence-corrected chi connectivity index (χ3v) is 7.07. The lowest BCUT2D eigenvalue weighted by atomic mass is 9.44. The molecule has 4 saturated carbocycles. The molecule has 0 spiro atoms. The lowest BCUT2D eigenvalue weighted by Gasteiger charge is -2.70. The highest BCUT2D eigenvalue weighted by atomic mass is 35.5. The number of benzene rings is 1. The van der Waals surface area contributed by atoms with E-state index >= 15 is 0 Å². The van der Waals surface area contributed by atoms with E-state index in [0.29, 0.717) is 12.6 Å². The molecule has 4 N–H and O–H groups in total. The molecule has 2 atom stereocenters. The topological polar surface area (TPSA) is 91.5 Å². The maximum atomic E-state index is 13.4. The SMILES string of the molecule is O=C(COc1ccc(Cl)c(F)c1)NC12CC(NC(=O)C3CNC(C4CC4)CN3)(C1)C2. The Kier molecular flexibility index (Phi) is 4.91. The Morgan fingerprint density at radius 1 is 1.13 bits per heavy atom. The van der Waals surface area contributed by atoms with Crippen LogP contribution in [0.2, 0.25) is 5.02 Å². The van der Waals surface area contributed by atoms with Crippen LogP contribution in [0, 0.1) is 11.7 Å². The number of ether oxygens (including phenoxy) is 1. The molecule has 7 nitrogen and oxygen atoms in total. The lowest BCUT2D eigenvalue weighted by Crippen LogP contribution is -2.84. The molecule has 1 aromatic rings. The van der Waals surface area contributed by atoms with Gasteiger partial charge in [0.15, 0.2) is 6.61 Å². The number of hydrogen-bond acceptors (Lipinski definition) is 5. The van der Waals surface area contributed by atoms with Crippen LogP contribution in [0.15, 0.2) is 18.2 Å². The molecular weight excluding hydrogens is 411 g/mol. The fourth-order valence-corrected chi connectivity index (χ4v) is 5.27. The molecule has 2 amide bonds. The molecule has 162 valence electrons. The highest BCUT2D eigenvalue weighted by molar-refractivity contribution is 6.30. The predicted octanol–water partition coefficient (Wildman–Crippen LogP) is 1.11. The van der Waals surface area contributed by atoms with Crippen LogP contribution in [0.3, 0.4) is 0 Å². The van der Waals surface area contributed by atoms with Crippen molar-refractivity contribution in [3.05, 3.63) is 29.0 Å². The van der Waals surface area contributed by atoms with Gasteiger partial charge in [-0.05, 0) is 50.2 Å². The normalized spacial score (nSPS) is 34.3. The smallest absolute Gasteiger partial charge is 0.258 e. The molecule has 6 rings (SSSR count). The summed E-state index contributed by atoms with van der Waals surface area (Å²) < 4.78 is 18.8. The molecule has 2 unspecified atom stereocenters. The fraction of sp³-hybridized carbons (Fsp3) is 0.619. The van der Waals surface area contributed by atoms with E-state index in [1.807, 2.05) is 0 Å². The van der Waals surface area contributed by atoms with E-state index in [9.17, 15) is 14.0 Å².